The van der Waals surface area contributed by atoms with Gasteiger partial charge in [0.2, 0.25) is 0 Å². The van der Waals surface area contributed by atoms with Gasteiger partial charge in [0, 0.05) is 24.4 Å². The number of halogens is 2. The van der Waals surface area contributed by atoms with Gasteiger partial charge < -0.3 is 15.7 Å². The zero-order valence-electron chi connectivity index (χ0n) is 9.82. The van der Waals surface area contributed by atoms with Crippen molar-refractivity contribution in [2.75, 3.05) is 0 Å². The van der Waals surface area contributed by atoms with Gasteiger partial charge in [-0.05, 0) is 22.0 Å². The first-order chi connectivity index (χ1) is 9.13. The predicted molar refractivity (Wildman–Crippen MR) is 73.0 cm³/mol. The van der Waals surface area contributed by atoms with Crippen molar-refractivity contribution in [3.05, 3.63) is 46.5 Å². The standard InChI is InChI=1S/C12H11BrFN5/c13-7-2-10-11(3-8(7)14)19-12(18-10)9(15)1-6-4-16-5-17-6/h2-5,9H,1,15H2,(H,16,17)(H,18,19). The molecule has 5 nitrogen and oxygen atoms in total. The summed E-state index contributed by atoms with van der Waals surface area (Å²) in [4.78, 5) is 14.4. The molecule has 0 saturated carbocycles. The van der Waals surface area contributed by atoms with Crippen molar-refractivity contribution in [2.24, 2.45) is 5.73 Å². The Morgan fingerprint density at radius 1 is 1.42 bits per heavy atom. The Hall–Kier alpha value is -1.73. The molecule has 0 spiro atoms. The normalized spacial score (nSPS) is 13.0. The number of fused-ring (bicyclic) bond motifs is 1. The first-order valence-electron chi connectivity index (χ1n) is 5.71. The number of rotatable bonds is 3. The Morgan fingerprint density at radius 2 is 2.26 bits per heavy atom. The Bertz CT molecular complexity index is 667. The van der Waals surface area contributed by atoms with Crippen molar-refractivity contribution in [2.45, 2.75) is 12.5 Å². The van der Waals surface area contributed by atoms with Crippen LogP contribution in [0.1, 0.15) is 17.6 Å². The molecule has 0 fully saturated rings. The maximum Gasteiger partial charge on any atom is 0.139 e. The van der Waals surface area contributed by atoms with Crippen molar-refractivity contribution in [1.29, 1.82) is 0 Å². The van der Waals surface area contributed by atoms with E-state index in [1.165, 1.54) is 6.07 Å². The summed E-state index contributed by atoms with van der Waals surface area (Å²) in [5.74, 6) is 0.298. The molecule has 2 heterocycles. The molecule has 3 aromatic rings. The van der Waals surface area contributed by atoms with Crippen LogP contribution in [-0.2, 0) is 6.42 Å². The summed E-state index contributed by atoms with van der Waals surface area (Å²) in [6.45, 7) is 0. The van der Waals surface area contributed by atoms with Gasteiger partial charge in [0.05, 0.1) is 27.9 Å². The van der Waals surface area contributed by atoms with Gasteiger partial charge in [0.1, 0.15) is 11.6 Å². The average molecular weight is 324 g/mol. The fourth-order valence-corrected chi connectivity index (χ4v) is 2.26. The number of aromatic amines is 2. The quantitative estimate of drug-likeness (QED) is 0.692. The average Bonchev–Trinajstić information content (AvgIpc) is 2.99. The first kappa shape index (κ1) is 12.3. The zero-order chi connectivity index (χ0) is 13.4. The van der Waals surface area contributed by atoms with Crippen LogP contribution < -0.4 is 5.73 Å². The molecule has 0 saturated heterocycles. The van der Waals surface area contributed by atoms with Gasteiger partial charge in [-0.15, -0.1) is 0 Å². The summed E-state index contributed by atoms with van der Waals surface area (Å²) in [5.41, 5.74) is 8.33. The molecule has 98 valence electrons. The van der Waals surface area contributed by atoms with E-state index in [4.69, 9.17) is 5.73 Å². The Kier molecular flexibility index (Phi) is 3.08. The maximum atomic E-state index is 13.4. The number of H-pyrrole nitrogens is 2. The number of hydrogen-bond donors (Lipinski definition) is 3. The topological polar surface area (TPSA) is 83.4 Å². The van der Waals surface area contributed by atoms with Crippen LogP contribution in [0.3, 0.4) is 0 Å². The molecule has 0 aliphatic rings. The minimum Gasteiger partial charge on any atom is -0.348 e. The first-order valence-corrected chi connectivity index (χ1v) is 6.50. The number of imidazole rings is 2. The lowest BCUT2D eigenvalue weighted by Gasteiger charge is -2.05. The minimum absolute atomic E-state index is 0.297. The Labute approximate surface area is 116 Å². The Balaban J connectivity index is 1.92. The molecule has 0 radical (unpaired) electrons. The van der Waals surface area contributed by atoms with Crippen molar-refractivity contribution < 1.29 is 4.39 Å². The zero-order valence-corrected chi connectivity index (χ0v) is 11.4. The minimum atomic E-state index is -0.329. The lowest BCUT2D eigenvalue weighted by atomic mass is 10.2. The van der Waals surface area contributed by atoms with E-state index < -0.39 is 0 Å². The van der Waals surface area contributed by atoms with Gasteiger partial charge in [-0.3, -0.25) is 0 Å². The fourth-order valence-electron chi connectivity index (χ4n) is 1.93. The van der Waals surface area contributed by atoms with Crippen LogP contribution >= 0.6 is 15.9 Å². The molecular formula is C12H11BrFN5. The van der Waals surface area contributed by atoms with Crippen LogP contribution in [0, 0.1) is 5.82 Å². The highest BCUT2D eigenvalue weighted by Gasteiger charge is 2.14. The summed E-state index contributed by atoms with van der Waals surface area (Å²) in [5, 5.41) is 0. The molecule has 1 atom stereocenters. The van der Waals surface area contributed by atoms with Crippen molar-refractivity contribution >= 4 is 27.0 Å². The summed E-state index contributed by atoms with van der Waals surface area (Å²) < 4.78 is 13.8. The SMILES string of the molecule is NC(Cc1cnc[nH]1)c1nc2cc(Br)c(F)cc2[nH]1. The lowest BCUT2D eigenvalue weighted by Crippen LogP contribution is -2.15. The summed E-state index contributed by atoms with van der Waals surface area (Å²) in [6.07, 6.45) is 3.91. The molecule has 0 aliphatic heterocycles. The number of nitrogens with two attached hydrogens (primary N) is 1. The third-order valence-electron chi connectivity index (χ3n) is 2.89. The van der Waals surface area contributed by atoms with Crippen LogP contribution in [0.4, 0.5) is 4.39 Å². The highest BCUT2D eigenvalue weighted by molar-refractivity contribution is 9.10. The molecule has 7 heteroatoms. The highest BCUT2D eigenvalue weighted by Crippen LogP contribution is 2.23. The van der Waals surface area contributed by atoms with E-state index in [-0.39, 0.29) is 11.9 Å². The molecular weight excluding hydrogens is 313 g/mol. The second kappa shape index (κ2) is 4.75. The molecule has 0 aliphatic carbocycles. The van der Waals surface area contributed by atoms with E-state index in [2.05, 4.69) is 35.9 Å². The number of hydrogen-bond acceptors (Lipinski definition) is 3. The summed E-state index contributed by atoms with van der Waals surface area (Å²) in [6, 6.07) is 2.74. The van der Waals surface area contributed by atoms with E-state index in [1.807, 2.05) is 0 Å². The lowest BCUT2D eigenvalue weighted by molar-refractivity contribution is 0.622. The molecule has 3 rings (SSSR count). The summed E-state index contributed by atoms with van der Waals surface area (Å²) >= 11 is 3.14. The molecule has 19 heavy (non-hydrogen) atoms. The molecule has 0 bridgehead atoms. The van der Waals surface area contributed by atoms with Crippen LogP contribution in [0.15, 0.2) is 29.1 Å². The van der Waals surface area contributed by atoms with Gasteiger partial charge in [-0.1, -0.05) is 0 Å². The third kappa shape index (κ3) is 2.39. The number of benzene rings is 1. The van der Waals surface area contributed by atoms with E-state index in [9.17, 15) is 4.39 Å². The Morgan fingerprint density at radius 3 is 3.00 bits per heavy atom. The molecule has 1 unspecified atom stereocenters. The van der Waals surface area contributed by atoms with Crippen LogP contribution in [0.5, 0.6) is 0 Å². The second-order valence-electron chi connectivity index (χ2n) is 4.29. The van der Waals surface area contributed by atoms with Crippen LogP contribution in [0.25, 0.3) is 11.0 Å². The third-order valence-corrected chi connectivity index (χ3v) is 3.50. The fraction of sp³-hybridized carbons (Fsp3) is 0.167. The van der Waals surface area contributed by atoms with Gasteiger partial charge in [-0.2, -0.15) is 0 Å². The monoisotopic (exact) mass is 323 g/mol. The number of nitrogens with zero attached hydrogens (tertiary/aromatic N) is 2. The number of aromatic nitrogens is 4. The van der Waals surface area contributed by atoms with Crippen molar-refractivity contribution in [1.82, 2.24) is 19.9 Å². The molecule has 1 aromatic carbocycles. The maximum absolute atomic E-state index is 13.4. The van der Waals surface area contributed by atoms with Gasteiger partial charge in [0.15, 0.2) is 0 Å². The predicted octanol–water partition coefficient (Wildman–Crippen LogP) is 2.43. The smallest absolute Gasteiger partial charge is 0.139 e. The van der Waals surface area contributed by atoms with Gasteiger partial charge in [-0.25, -0.2) is 14.4 Å². The highest BCUT2D eigenvalue weighted by atomic mass is 79.9. The van der Waals surface area contributed by atoms with Crippen LogP contribution in [0.2, 0.25) is 0 Å². The van der Waals surface area contributed by atoms with E-state index in [0.29, 0.717) is 27.8 Å². The summed E-state index contributed by atoms with van der Waals surface area (Å²) in [7, 11) is 0. The number of nitrogens with one attached hydrogen (secondary N) is 2. The second-order valence-corrected chi connectivity index (χ2v) is 5.15. The molecule has 2 aromatic heterocycles. The van der Waals surface area contributed by atoms with E-state index in [0.717, 1.165) is 5.69 Å². The molecule has 0 amide bonds. The largest absolute Gasteiger partial charge is 0.348 e. The van der Waals surface area contributed by atoms with E-state index >= 15 is 0 Å². The molecule has 4 N–H and O–H groups in total. The van der Waals surface area contributed by atoms with Gasteiger partial charge in [0.25, 0.3) is 0 Å². The van der Waals surface area contributed by atoms with Crippen molar-refractivity contribution in [3.63, 3.8) is 0 Å². The van der Waals surface area contributed by atoms with Gasteiger partial charge >= 0.3 is 0 Å². The van der Waals surface area contributed by atoms with Crippen LogP contribution in [-0.4, -0.2) is 19.9 Å². The van der Waals surface area contributed by atoms with E-state index in [1.54, 1.807) is 18.6 Å². The van der Waals surface area contributed by atoms with Crippen molar-refractivity contribution in [3.8, 4) is 0 Å².